The van der Waals surface area contributed by atoms with E-state index in [2.05, 4.69) is 16.9 Å². The van der Waals surface area contributed by atoms with Crippen LogP contribution in [-0.2, 0) is 6.42 Å². The van der Waals surface area contributed by atoms with Crippen molar-refractivity contribution in [2.24, 2.45) is 0 Å². The molecule has 0 aliphatic carbocycles. The zero-order valence-corrected chi connectivity index (χ0v) is 15.6. The van der Waals surface area contributed by atoms with Gasteiger partial charge in [-0.25, -0.2) is 4.98 Å². The molecule has 0 aliphatic rings. The first-order chi connectivity index (χ1) is 11.9. The number of thiophene rings is 1. The Bertz CT molecular complexity index is 994. The number of carbonyl (C=O) groups excluding carboxylic acids is 1. The van der Waals surface area contributed by atoms with Gasteiger partial charge in [-0.15, -0.1) is 17.9 Å². The second-order valence-electron chi connectivity index (χ2n) is 5.78. The molecule has 1 amide bonds. The van der Waals surface area contributed by atoms with Gasteiger partial charge in [0.15, 0.2) is 0 Å². The maximum atomic E-state index is 12.7. The summed E-state index contributed by atoms with van der Waals surface area (Å²) in [4.78, 5) is 18.5. The number of nitrogens with one attached hydrogen (secondary N) is 1. The number of nitrogen functional groups attached to an aromatic ring is 1. The molecular formula is C19H18ClN3OS. The number of nitrogens with two attached hydrogens (primary N) is 1. The lowest BCUT2D eigenvalue weighted by Crippen LogP contribution is -2.11. The van der Waals surface area contributed by atoms with Gasteiger partial charge >= 0.3 is 0 Å². The van der Waals surface area contributed by atoms with Crippen LogP contribution in [-0.4, -0.2) is 10.9 Å². The minimum atomic E-state index is -0.259. The van der Waals surface area contributed by atoms with E-state index < -0.39 is 0 Å². The molecule has 0 unspecified atom stereocenters. The van der Waals surface area contributed by atoms with E-state index in [1.807, 2.05) is 19.9 Å². The van der Waals surface area contributed by atoms with Gasteiger partial charge in [0.2, 0.25) is 0 Å². The summed E-state index contributed by atoms with van der Waals surface area (Å²) in [6, 6.07) is 7.01. The number of benzene rings is 1. The lowest BCUT2D eigenvalue weighted by molar-refractivity contribution is 0.103. The van der Waals surface area contributed by atoms with Crippen LogP contribution in [0.4, 0.5) is 11.4 Å². The van der Waals surface area contributed by atoms with Crippen molar-refractivity contribution >= 4 is 50.4 Å². The van der Waals surface area contributed by atoms with Gasteiger partial charge in [0.05, 0.1) is 5.69 Å². The summed E-state index contributed by atoms with van der Waals surface area (Å²) in [7, 11) is 0. The second-order valence-corrected chi connectivity index (χ2v) is 7.22. The number of pyridine rings is 1. The lowest BCUT2D eigenvalue weighted by atomic mass is 10.0. The van der Waals surface area contributed by atoms with Gasteiger partial charge in [0.25, 0.3) is 5.91 Å². The zero-order valence-electron chi connectivity index (χ0n) is 14.0. The van der Waals surface area contributed by atoms with E-state index in [9.17, 15) is 4.79 Å². The Balaban J connectivity index is 2.05. The number of carbonyl (C=O) groups is 1. The molecule has 0 bridgehead atoms. The van der Waals surface area contributed by atoms with Gasteiger partial charge < -0.3 is 11.1 Å². The van der Waals surface area contributed by atoms with Gasteiger partial charge in [-0.2, -0.15) is 0 Å². The van der Waals surface area contributed by atoms with E-state index in [1.165, 1.54) is 11.3 Å². The highest BCUT2D eigenvalue weighted by Gasteiger charge is 2.21. The largest absolute Gasteiger partial charge is 0.397 e. The average Bonchev–Trinajstić information content (AvgIpc) is 2.88. The minimum Gasteiger partial charge on any atom is -0.397 e. The molecule has 25 heavy (non-hydrogen) atoms. The van der Waals surface area contributed by atoms with Gasteiger partial charge in [0, 0.05) is 21.8 Å². The number of anilines is 2. The third kappa shape index (κ3) is 3.25. The molecular weight excluding hydrogens is 354 g/mol. The van der Waals surface area contributed by atoms with Crippen molar-refractivity contribution < 1.29 is 4.79 Å². The standard InChI is InChI=1S/C19H18ClN3OS/c1-4-6-14-10(2)15-16(21)17(25-19(15)22-11(14)3)18(24)23-13-8-5-7-12(20)9-13/h4-5,7-9H,1,6,21H2,2-3H3,(H,23,24). The fourth-order valence-corrected chi connectivity index (χ4v) is 4.17. The predicted octanol–water partition coefficient (Wildman–Crippen LogP) is 5.13. The summed E-state index contributed by atoms with van der Waals surface area (Å²) in [5.74, 6) is -0.259. The molecule has 2 heterocycles. The molecule has 0 atom stereocenters. The fourth-order valence-electron chi connectivity index (χ4n) is 2.88. The first kappa shape index (κ1) is 17.5. The molecule has 6 heteroatoms. The number of halogens is 1. The van der Waals surface area contributed by atoms with Crippen LogP contribution in [0, 0.1) is 13.8 Å². The van der Waals surface area contributed by atoms with Crippen molar-refractivity contribution in [1.29, 1.82) is 0 Å². The Morgan fingerprint density at radius 1 is 1.44 bits per heavy atom. The van der Waals surface area contributed by atoms with Crippen LogP contribution < -0.4 is 11.1 Å². The van der Waals surface area contributed by atoms with Crippen LogP contribution >= 0.6 is 22.9 Å². The third-order valence-electron chi connectivity index (χ3n) is 4.10. The van der Waals surface area contributed by atoms with Crippen molar-refractivity contribution in [3.05, 3.63) is 63.6 Å². The topological polar surface area (TPSA) is 68.0 Å². The van der Waals surface area contributed by atoms with Gasteiger partial charge in [-0.3, -0.25) is 4.79 Å². The fraction of sp³-hybridized carbons (Fsp3) is 0.158. The first-order valence-corrected chi connectivity index (χ1v) is 8.97. The van der Waals surface area contributed by atoms with Gasteiger partial charge in [0.1, 0.15) is 9.71 Å². The lowest BCUT2D eigenvalue weighted by Gasteiger charge is -2.09. The Morgan fingerprint density at radius 2 is 2.20 bits per heavy atom. The molecule has 0 spiro atoms. The molecule has 0 aliphatic heterocycles. The average molecular weight is 372 g/mol. The number of fused-ring (bicyclic) bond motifs is 1. The van der Waals surface area contributed by atoms with Crippen molar-refractivity contribution in [3.63, 3.8) is 0 Å². The number of aryl methyl sites for hydroxylation is 2. The molecule has 0 saturated heterocycles. The van der Waals surface area contributed by atoms with Crippen LogP contribution in [0.5, 0.6) is 0 Å². The number of hydrogen-bond acceptors (Lipinski definition) is 4. The van der Waals surface area contributed by atoms with Crippen LogP contribution in [0.15, 0.2) is 36.9 Å². The number of rotatable bonds is 4. The molecule has 4 nitrogen and oxygen atoms in total. The Kier molecular flexibility index (Phi) is 4.79. The zero-order chi connectivity index (χ0) is 18.1. The summed E-state index contributed by atoms with van der Waals surface area (Å²) in [6.45, 7) is 7.77. The summed E-state index contributed by atoms with van der Waals surface area (Å²) >= 11 is 7.27. The molecule has 0 radical (unpaired) electrons. The number of allylic oxidation sites excluding steroid dienone is 1. The molecule has 3 rings (SSSR count). The van der Waals surface area contributed by atoms with Gasteiger partial charge in [-0.05, 0) is 49.6 Å². The normalized spacial score (nSPS) is 10.8. The Labute approximate surface area is 155 Å². The van der Waals surface area contributed by atoms with Crippen LogP contribution in [0.25, 0.3) is 10.2 Å². The molecule has 0 saturated carbocycles. The van der Waals surface area contributed by atoms with Crippen molar-refractivity contribution in [1.82, 2.24) is 4.98 Å². The van der Waals surface area contributed by atoms with E-state index in [0.717, 1.165) is 33.5 Å². The molecule has 3 aromatic rings. The maximum absolute atomic E-state index is 12.7. The second kappa shape index (κ2) is 6.86. The molecule has 1 aromatic carbocycles. The summed E-state index contributed by atoms with van der Waals surface area (Å²) in [6.07, 6.45) is 2.57. The SMILES string of the molecule is C=CCc1c(C)nc2sc(C(=O)Nc3cccc(Cl)c3)c(N)c2c1C. The maximum Gasteiger partial charge on any atom is 0.267 e. The van der Waals surface area contributed by atoms with E-state index in [0.29, 0.717) is 21.3 Å². The predicted molar refractivity (Wildman–Crippen MR) is 107 cm³/mol. The number of hydrogen-bond donors (Lipinski definition) is 2. The highest BCUT2D eigenvalue weighted by molar-refractivity contribution is 7.21. The first-order valence-electron chi connectivity index (χ1n) is 7.78. The molecule has 2 aromatic heterocycles. The number of aromatic nitrogens is 1. The Morgan fingerprint density at radius 3 is 2.88 bits per heavy atom. The monoisotopic (exact) mass is 371 g/mol. The number of nitrogens with zero attached hydrogens (tertiary/aromatic N) is 1. The van der Waals surface area contributed by atoms with Crippen LogP contribution in [0.3, 0.4) is 0 Å². The highest BCUT2D eigenvalue weighted by atomic mass is 35.5. The van der Waals surface area contributed by atoms with Crippen LogP contribution in [0.1, 0.15) is 26.5 Å². The minimum absolute atomic E-state index is 0.259. The summed E-state index contributed by atoms with van der Waals surface area (Å²) < 4.78 is 0. The van der Waals surface area contributed by atoms with Crippen LogP contribution in [0.2, 0.25) is 5.02 Å². The third-order valence-corrected chi connectivity index (χ3v) is 5.43. The summed E-state index contributed by atoms with van der Waals surface area (Å²) in [5.41, 5.74) is 10.5. The Hall–Kier alpha value is -2.37. The van der Waals surface area contributed by atoms with E-state index >= 15 is 0 Å². The molecule has 0 fully saturated rings. The highest BCUT2D eigenvalue weighted by Crippen LogP contribution is 2.37. The summed E-state index contributed by atoms with van der Waals surface area (Å²) in [5, 5.41) is 4.25. The number of amides is 1. The molecule has 3 N–H and O–H groups in total. The van der Waals surface area contributed by atoms with Crippen molar-refractivity contribution in [3.8, 4) is 0 Å². The van der Waals surface area contributed by atoms with Crippen molar-refractivity contribution in [2.45, 2.75) is 20.3 Å². The van der Waals surface area contributed by atoms with Crippen molar-refractivity contribution in [2.75, 3.05) is 11.1 Å². The van der Waals surface area contributed by atoms with E-state index in [-0.39, 0.29) is 5.91 Å². The van der Waals surface area contributed by atoms with E-state index in [4.69, 9.17) is 17.3 Å². The van der Waals surface area contributed by atoms with E-state index in [1.54, 1.807) is 24.3 Å². The molecule has 128 valence electrons. The quantitative estimate of drug-likeness (QED) is 0.624. The smallest absolute Gasteiger partial charge is 0.267 e. The van der Waals surface area contributed by atoms with Gasteiger partial charge in [-0.1, -0.05) is 23.7 Å².